The summed E-state index contributed by atoms with van der Waals surface area (Å²) in [6, 6.07) is 16.5. The number of carbonyl (C=O) groups excluding carboxylic acids is 1. The second kappa shape index (κ2) is 7.82. The molecule has 4 rings (SSSR count). The molecule has 2 aromatic heterocycles. The molecule has 1 amide bonds. The van der Waals surface area contributed by atoms with Gasteiger partial charge in [-0.15, -0.1) is 0 Å². The van der Waals surface area contributed by atoms with Crippen LogP contribution >= 0.6 is 11.8 Å². The number of halogens is 1. The molecular weight excluding hydrogens is 375 g/mol. The van der Waals surface area contributed by atoms with E-state index < -0.39 is 0 Å². The molecule has 0 saturated carbocycles. The zero-order chi connectivity index (χ0) is 19.5. The minimum Gasteiger partial charge on any atom is -0.325 e. The molecule has 28 heavy (non-hydrogen) atoms. The fourth-order valence-electron chi connectivity index (χ4n) is 2.76. The lowest BCUT2D eigenvalue weighted by Crippen LogP contribution is -2.14. The first kappa shape index (κ1) is 18.2. The Morgan fingerprint density at radius 1 is 1.18 bits per heavy atom. The Kier molecular flexibility index (Phi) is 5.08. The smallest absolute Gasteiger partial charge is 0.234 e. The average molecular weight is 392 g/mol. The predicted octanol–water partition coefficient (Wildman–Crippen LogP) is 4.57. The fraction of sp³-hybridized carbons (Fsp3) is 0.0952. The van der Waals surface area contributed by atoms with Crippen molar-refractivity contribution in [2.75, 3.05) is 11.1 Å². The van der Waals surface area contributed by atoms with Crippen molar-refractivity contribution < 1.29 is 9.18 Å². The van der Waals surface area contributed by atoms with Crippen LogP contribution < -0.4 is 5.32 Å². The van der Waals surface area contributed by atoms with Gasteiger partial charge in [-0.05, 0) is 30.7 Å². The zero-order valence-electron chi connectivity index (χ0n) is 15.1. The summed E-state index contributed by atoms with van der Waals surface area (Å²) in [6.45, 7) is 1.68. The molecule has 5 nitrogen and oxygen atoms in total. The van der Waals surface area contributed by atoms with Crippen LogP contribution in [0.15, 0.2) is 72.0 Å². The van der Waals surface area contributed by atoms with Gasteiger partial charge in [-0.1, -0.05) is 48.2 Å². The number of benzene rings is 2. The summed E-state index contributed by atoms with van der Waals surface area (Å²) in [4.78, 5) is 16.6. The van der Waals surface area contributed by atoms with Gasteiger partial charge in [0.05, 0.1) is 17.0 Å². The molecule has 2 heterocycles. The number of aryl methyl sites for hydroxylation is 1. The van der Waals surface area contributed by atoms with Crippen LogP contribution in [0.5, 0.6) is 0 Å². The van der Waals surface area contributed by atoms with Crippen LogP contribution in [0.2, 0.25) is 0 Å². The van der Waals surface area contributed by atoms with Gasteiger partial charge in [-0.3, -0.25) is 4.79 Å². The van der Waals surface area contributed by atoms with Crippen LogP contribution in [-0.2, 0) is 4.79 Å². The van der Waals surface area contributed by atoms with Crippen LogP contribution in [0, 0.1) is 12.7 Å². The Labute approximate surface area is 165 Å². The highest BCUT2D eigenvalue weighted by Gasteiger charge is 2.12. The number of amides is 1. The predicted molar refractivity (Wildman–Crippen MR) is 109 cm³/mol. The lowest BCUT2D eigenvalue weighted by molar-refractivity contribution is -0.113. The number of hydrogen-bond acceptors (Lipinski definition) is 4. The average Bonchev–Trinajstić information content (AvgIpc) is 3.15. The van der Waals surface area contributed by atoms with Crippen molar-refractivity contribution in [3.8, 4) is 11.3 Å². The van der Waals surface area contributed by atoms with Crippen molar-refractivity contribution in [1.29, 1.82) is 0 Å². The third-order valence-electron chi connectivity index (χ3n) is 4.22. The van der Waals surface area contributed by atoms with E-state index in [1.165, 1.54) is 17.8 Å². The van der Waals surface area contributed by atoms with Gasteiger partial charge in [0.2, 0.25) is 5.91 Å². The van der Waals surface area contributed by atoms with Gasteiger partial charge < -0.3 is 5.32 Å². The van der Waals surface area contributed by atoms with Crippen LogP contribution in [0.1, 0.15) is 5.56 Å². The maximum absolute atomic E-state index is 13.6. The summed E-state index contributed by atoms with van der Waals surface area (Å²) in [7, 11) is 0. The summed E-state index contributed by atoms with van der Waals surface area (Å²) < 4.78 is 15.4. The first-order valence-corrected chi connectivity index (χ1v) is 9.67. The summed E-state index contributed by atoms with van der Waals surface area (Å²) in [5, 5.41) is 8.00. The van der Waals surface area contributed by atoms with Crippen molar-refractivity contribution in [2.24, 2.45) is 0 Å². The number of anilines is 1. The molecule has 0 unspecified atom stereocenters. The van der Waals surface area contributed by atoms with Crippen LogP contribution in [-0.4, -0.2) is 26.3 Å². The van der Waals surface area contributed by atoms with E-state index in [-0.39, 0.29) is 17.5 Å². The number of carbonyl (C=O) groups is 1. The first-order valence-electron chi connectivity index (χ1n) is 8.69. The van der Waals surface area contributed by atoms with E-state index in [0.717, 1.165) is 16.8 Å². The summed E-state index contributed by atoms with van der Waals surface area (Å²) >= 11 is 1.32. The Balaban J connectivity index is 1.49. The molecule has 7 heteroatoms. The van der Waals surface area contributed by atoms with E-state index >= 15 is 0 Å². The Bertz CT molecular complexity index is 1140. The second-order valence-corrected chi connectivity index (χ2v) is 7.22. The van der Waals surface area contributed by atoms with Crippen molar-refractivity contribution in [1.82, 2.24) is 14.6 Å². The Morgan fingerprint density at radius 3 is 2.79 bits per heavy atom. The number of nitrogens with zero attached hydrogens (tertiary/aromatic N) is 3. The molecule has 0 aliphatic carbocycles. The molecule has 0 fully saturated rings. The van der Waals surface area contributed by atoms with Crippen LogP contribution in [0.4, 0.5) is 10.1 Å². The second-order valence-electron chi connectivity index (χ2n) is 6.26. The van der Waals surface area contributed by atoms with Crippen molar-refractivity contribution in [3.63, 3.8) is 0 Å². The van der Waals surface area contributed by atoms with Crippen LogP contribution in [0.25, 0.3) is 16.8 Å². The molecule has 4 aromatic rings. The minimum atomic E-state index is -0.343. The molecule has 0 spiro atoms. The first-order chi connectivity index (χ1) is 13.6. The van der Waals surface area contributed by atoms with Crippen LogP contribution in [0.3, 0.4) is 0 Å². The molecular formula is C21H17FN4OS. The van der Waals surface area contributed by atoms with Gasteiger partial charge >= 0.3 is 0 Å². The number of fused-ring (bicyclic) bond motifs is 1. The maximum atomic E-state index is 13.6. The largest absolute Gasteiger partial charge is 0.325 e. The third kappa shape index (κ3) is 3.89. The standard InChI is InChI=1S/C21H17FN4OS/c1-14-7-8-16(11-17(14)22)24-20(27)13-28-21-19-12-18(15-5-3-2-4-6-15)25-26(19)10-9-23-21/h2-12H,13H2,1H3,(H,24,27). The fourth-order valence-corrected chi connectivity index (χ4v) is 3.54. The zero-order valence-corrected chi connectivity index (χ0v) is 15.9. The van der Waals surface area contributed by atoms with Gasteiger partial charge in [0.15, 0.2) is 0 Å². The van der Waals surface area contributed by atoms with Gasteiger partial charge in [-0.25, -0.2) is 13.9 Å². The molecule has 0 aliphatic heterocycles. The number of nitrogens with one attached hydrogen (secondary N) is 1. The van der Waals surface area contributed by atoms with Crippen molar-refractivity contribution >= 4 is 28.9 Å². The van der Waals surface area contributed by atoms with E-state index in [2.05, 4.69) is 15.4 Å². The van der Waals surface area contributed by atoms with E-state index in [9.17, 15) is 9.18 Å². The number of aromatic nitrogens is 3. The molecule has 0 saturated heterocycles. The summed E-state index contributed by atoms with van der Waals surface area (Å²) in [5.41, 5.74) is 3.67. The number of rotatable bonds is 5. The number of thioether (sulfide) groups is 1. The Morgan fingerprint density at radius 2 is 2.00 bits per heavy atom. The van der Waals surface area contributed by atoms with E-state index in [0.29, 0.717) is 16.3 Å². The minimum absolute atomic E-state index is 0.161. The van der Waals surface area contributed by atoms with Crippen molar-refractivity contribution in [3.05, 3.63) is 78.4 Å². The Hall–Kier alpha value is -3.19. The molecule has 0 aliphatic rings. The third-order valence-corrected chi connectivity index (χ3v) is 5.21. The van der Waals surface area contributed by atoms with Gasteiger partial charge in [0.1, 0.15) is 10.8 Å². The van der Waals surface area contributed by atoms with Gasteiger partial charge in [0, 0.05) is 23.6 Å². The molecule has 2 aromatic carbocycles. The van der Waals surface area contributed by atoms with Gasteiger partial charge in [0.25, 0.3) is 0 Å². The molecule has 140 valence electrons. The van der Waals surface area contributed by atoms with E-state index in [1.54, 1.807) is 36.0 Å². The quantitative estimate of drug-likeness (QED) is 0.505. The summed E-state index contributed by atoms with van der Waals surface area (Å²) in [5.74, 6) is -0.405. The van der Waals surface area contributed by atoms with E-state index in [4.69, 9.17) is 0 Å². The lowest BCUT2D eigenvalue weighted by Gasteiger charge is -2.06. The summed E-state index contributed by atoms with van der Waals surface area (Å²) in [6.07, 6.45) is 3.44. The normalized spacial score (nSPS) is 10.9. The van der Waals surface area contributed by atoms with Gasteiger partial charge in [-0.2, -0.15) is 5.10 Å². The topological polar surface area (TPSA) is 59.3 Å². The number of hydrogen-bond donors (Lipinski definition) is 1. The maximum Gasteiger partial charge on any atom is 0.234 e. The SMILES string of the molecule is Cc1ccc(NC(=O)CSc2nccn3nc(-c4ccccc4)cc23)cc1F. The molecule has 1 N–H and O–H groups in total. The van der Waals surface area contributed by atoms with Crippen molar-refractivity contribution in [2.45, 2.75) is 11.9 Å². The lowest BCUT2D eigenvalue weighted by atomic mass is 10.1. The molecule has 0 bridgehead atoms. The highest BCUT2D eigenvalue weighted by atomic mass is 32.2. The van der Waals surface area contributed by atoms with E-state index in [1.807, 2.05) is 36.4 Å². The molecule has 0 radical (unpaired) electrons. The molecule has 0 atom stereocenters. The highest BCUT2D eigenvalue weighted by Crippen LogP contribution is 2.26. The monoisotopic (exact) mass is 392 g/mol. The highest BCUT2D eigenvalue weighted by molar-refractivity contribution is 8.00.